The molecule has 2 saturated heterocycles. The highest BCUT2D eigenvalue weighted by molar-refractivity contribution is 7.09. The van der Waals surface area contributed by atoms with E-state index in [1.807, 2.05) is 60.9 Å². The summed E-state index contributed by atoms with van der Waals surface area (Å²) in [6.45, 7) is 2.61. The molecule has 1 aliphatic carbocycles. The summed E-state index contributed by atoms with van der Waals surface area (Å²) in [6.07, 6.45) is 9.59. The van der Waals surface area contributed by atoms with Gasteiger partial charge in [0.1, 0.15) is 17.4 Å². The van der Waals surface area contributed by atoms with Crippen LogP contribution in [0.15, 0.2) is 53.9 Å². The number of thiophene rings is 1. The number of rotatable bonds is 9. The molecule has 3 amide bonds. The molecule has 6 rings (SSSR count). The molecule has 0 radical (unpaired) electrons. The van der Waals surface area contributed by atoms with Crippen LogP contribution in [0.25, 0.3) is 0 Å². The Hall–Kier alpha value is -3.17. The number of carbonyl (C=O) groups is 3. The Morgan fingerprint density at radius 3 is 2.58 bits per heavy atom. The second-order valence-corrected chi connectivity index (χ2v) is 12.6. The van der Waals surface area contributed by atoms with Gasteiger partial charge in [-0.3, -0.25) is 14.4 Å². The van der Waals surface area contributed by atoms with Crippen molar-refractivity contribution >= 4 is 29.1 Å². The lowest BCUT2D eigenvalue weighted by Gasteiger charge is -2.34. The molecule has 1 aromatic heterocycles. The molecule has 1 aromatic carbocycles. The summed E-state index contributed by atoms with van der Waals surface area (Å²) < 4.78 is 11.9. The van der Waals surface area contributed by atoms with Crippen molar-refractivity contribution in [1.29, 1.82) is 0 Å². The molecule has 2 N–H and O–H groups in total. The van der Waals surface area contributed by atoms with Gasteiger partial charge in [0, 0.05) is 17.5 Å². The summed E-state index contributed by atoms with van der Waals surface area (Å²) >= 11 is 1.57. The molecule has 3 fully saturated rings. The zero-order valence-electron chi connectivity index (χ0n) is 23.1. The van der Waals surface area contributed by atoms with E-state index in [4.69, 9.17) is 9.47 Å². The third-order valence-electron chi connectivity index (χ3n) is 9.10. The van der Waals surface area contributed by atoms with E-state index in [0.717, 1.165) is 41.9 Å². The van der Waals surface area contributed by atoms with E-state index < -0.39 is 29.1 Å². The zero-order valence-corrected chi connectivity index (χ0v) is 23.9. The summed E-state index contributed by atoms with van der Waals surface area (Å²) in [5, 5.41) is 8.26. The van der Waals surface area contributed by atoms with Gasteiger partial charge in [0.25, 0.3) is 0 Å². The standard InChI is InChI=1S/C31H37N3O5S/c1-30-15-16-31(39-30)25(24(30)27(35)32-19-23-9-6-18-40-23)29(37)34(17-14-20-10-12-22(38-2)13-11-20)26(31)28(36)33-21-7-4-3-5-8-21/h6,9-13,15-16,18,21,24-26H,3-5,7-8,14,17,19H2,1-2H3,(H,32,35)(H,33,36). The molecule has 8 nitrogen and oxygen atoms in total. The smallest absolute Gasteiger partial charge is 0.246 e. The van der Waals surface area contributed by atoms with Crippen LogP contribution in [0, 0.1) is 11.8 Å². The molecule has 1 saturated carbocycles. The quantitative estimate of drug-likeness (QED) is 0.455. The van der Waals surface area contributed by atoms with Gasteiger partial charge in [0.2, 0.25) is 17.7 Å². The minimum atomic E-state index is -1.17. The molecular weight excluding hydrogens is 526 g/mol. The number of likely N-dealkylation sites (tertiary alicyclic amines) is 1. The highest BCUT2D eigenvalue weighted by atomic mass is 32.1. The Bertz CT molecular complexity index is 1290. The molecule has 1 spiro atoms. The van der Waals surface area contributed by atoms with Crippen LogP contribution >= 0.6 is 11.3 Å². The first-order valence-electron chi connectivity index (χ1n) is 14.3. The van der Waals surface area contributed by atoms with Gasteiger partial charge in [-0.05, 0) is 55.3 Å². The van der Waals surface area contributed by atoms with Crippen LogP contribution in [0.4, 0.5) is 0 Å². The molecule has 4 aliphatic rings. The second-order valence-electron chi connectivity index (χ2n) is 11.6. The van der Waals surface area contributed by atoms with Gasteiger partial charge in [-0.1, -0.05) is 49.6 Å². The fourth-order valence-corrected chi connectivity index (χ4v) is 7.78. The summed E-state index contributed by atoms with van der Waals surface area (Å²) in [4.78, 5) is 44.6. The third kappa shape index (κ3) is 4.63. The Balaban J connectivity index is 1.28. The van der Waals surface area contributed by atoms with Crippen LogP contribution in [0.1, 0.15) is 49.5 Å². The molecule has 212 valence electrons. The van der Waals surface area contributed by atoms with Crippen molar-refractivity contribution < 1.29 is 23.9 Å². The average molecular weight is 564 g/mol. The Labute approximate surface area is 239 Å². The van der Waals surface area contributed by atoms with E-state index in [9.17, 15) is 14.4 Å². The summed E-state index contributed by atoms with van der Waals surface area (Å²) in [5.41, 5.74) is -1.09. The molecule has 5 unspecified atom stereocenters. The molecule has 5 atom stereocenters. The van der Waals surface area contributed by atoms with Gasteiger partial charge >= 0.3 is 0 Å². The molecule has 40 heavy (non-hydrogen) atoms. The van der Waals surface area contributed by atoms with Crippen LogP contribution in [0.5, 0.6) is 5.75 Å². The Kier molecular flexibility index (Phi) is 7.21. The maximum Gasteiger partial charge on any atom is 0.246 e. The van der Waals surface area contributed by atoms with Gasteiger partial charge < -0.3 is 25.0 Å². The Morgan fingerprint density at radius 2 is 1.88 bits per heavy atom. The monoisotopic (exact) mass is 563 g/mol. The van der Waals surface area contributed by atoms with Crippen molar-refractivity contribution in [3.05, 3.63) is 64.4 Å². The maximum atomic E-state index is 14.2. The minimum Gasteiger partial charge on any atom is -0.497 e. The lowest BCUT2D eigenvalue weighted by Crippen LogP contribution is -2.57. The molecule has 3 aliphatic heterocycles. The normalized spacial score (nSPS) is 30.9. The SMILES string of the molecule is COc1ccc(CCN2C(=O)C3C(C(=O)NCc4cccs4)C4(C)C=CC3(O4)C2C(=O)NC2CCCCC2)cc1. The summed E-state index contributed by atoms with van der Waals surface area (Å²) in [5.74, 6) is -1.32. The largest absolute Gasteiger partial charge is 0.497 e. The van der Waals surface area contributed by atoms with Crippen LogP contribution in [0.2, 0.25) is 0 Å². The number of amides is 3. The molecule has 2 bridgehead atoms. The first-order valence-corrected chi connectivity index (χ1v) is 15.2. The number of fused-ring (bicyclic) bond motifs is 1. The zero-order chi connectivity index (χ0) is 27.9. The topological polar surface area (TPSA) is 97.0 Å². The summed E-state index contributed by atoms with van der Waals surface area (Å²) in [6, 6.07) is 10.9. The van der Waals surface area contributed by atoms with Gasteiger partial charge in [-0.25, -0.2) is 0 Å². The van der Waals surface area contributed by atoms with Gasteiger partial charge in [0.15, 0.2) is 0 Å². The first kappa shape index (κ1) is 27.0. The number of ether oxygens (including phenoxy) is 2. The average Bonchev–Trinajstić information content (AvgIpc) is 3.71. The highest BCUT2D eigenvalue weighted by Crippen LogP contribution is 2.59. The van der Waals surface area contributed by atoms with Crippen molar-refractivity contribution in [3.8, 4) is 5.75 Å². The summed E-state index contributed by atoms with van der Waals surface area (Å²) in [7, 11) is 1.63. The number of hydrogen-bond acceptors (Lipinski definition) is 6. The fraction of sp³-hybridized carbons (Fsp3) is 0.516. The first-order chi connectivity index (χ1) is 19.3. The lowest BCUT2D eigenvalue weighted by molar-refractivity contribution is -0.145. The highest BCUT2D eigenvalue weighted by Gasteiger charge is 2.76. The van der Waals surface area contributed by atoms with E-state index >= 15 is 0 Å². The predicted molar refractivity (Wildman–Crippen MR) is 152 cm³/mol. The molecule has 9 heteroatoms. The van der Waals surface area contributed by atoms with Crippen molar-refractivity contribution in [2.75, 3.05) is 13.7 Å². The maximum absolute atomic E-state index is 14.2. The van der Waals surface area contributed by atoms with Crippen LogP contribution in [0.3, 0.4) is 0 Å². The van der Waals surface area contributed by atoms with E-state index in [1.54, 1.807) is 23.3 Å². The number of methoxy groups -OCH3 is 1. The van der Waals surface area contributed by atoms with Crippen molar-refractivity contribution in [3.63, 3.8) is 0 Å². The van der Waals surface area contributed by atoms with Crippen molar-refractivity contribution in [2.45, 2.75) is 75.3 Å². The second kappa shape index (κ2) is 10.7. The molecule has 4 heterocycles. The molecule has 2 aromatic rings. The lowest BCUT2D eigenvalue weighted by atomic mass is 9.70. The molecular formula is C31H37N3O5S. The fourth-order valence-electron chi connectivity index (χ4n) is 7.14. The van der Waals surface area contributed by atoms with E-state index in [2.05, 4.69) is 10.6 Å². The van der Waals surface area contributed by atoms with Crippen LogP contribution < -0.4 is 15.4 Å². The number of benzene rings is 1. The van der Waals surface area contributed by atoms with E-state index in [0.29, 0.717) is 19.5 Å². The minimum absolute atomic E-state index is 0.0956. The number of hydrogen-bond donors (Lipinski definition) is 2. The van der Waals surface area contributed by atoms with Crippen LogP contribution in [-0.4, -0.2) is 59.6 Å². The number of nitrogens with zero attached hydrogens (tertiary/aromatic N) is 1. The van der Waals surface area contributed by atoms with Gasteiger partial charge in [0.05, 0.1) is 31.1 Å². The van der Waals surface area contributed by atoms with Gasteiger partial charge in [-0.2, -0.15) is 0 Å². The van der Waals surface area contributed by atoms with E-state index in [1.165, 1.54) is 6.42 Å². The Morgan fingerprint density at radius 1 is 1.10 bits per heavy atom. The predicted octanol–water partition coefficient (Wildman–Crippen LogP) is 3.61. The van der Waals surface area contributed by atoms with Crippen LogP contribution in [-0.2, 0) is 32.1 Å². The number of carbonyl (C=O) groups excluding carboxylic acids is 3. The van der Waals surface area contributed by atoms with E-state index in [-0.39, 0.29) is 23.8 Å². The number of nitrogens with one attached hydrogen (secondary N) is 2. The van der Waals surface area contributed by atoms with Gasteiger partial charge in [-0.15, -0.1) is 11.3 Å². The van der Waals surface area contributed by atoms with Crippen molar-refractivity contribution in [2.24, 2.45) is 11.8 Å². The third-order valence-corrected chi connectivity index (χ3v) is 9.97. The van der Waals surface area contributed by atoms with Crippen molar-refractivity contribution in [1.82, 2.24) is 15.5 Å².